The average molecular weight is 578 g/mol. The largest absolute Gasteiger partial charge is 0.406 e. The third-order valence-electron chi connectivity index (χ3n) is 8.98. The van der Waals surface area contributed by atoms with Crippen molar-refractivity contribution in [3.8, 4) is 0 Å². The predicted octanol–water partition coefficient (Wildman–Crippen LogP) is 4.23. The molecule has 0 bridgehead atoms. The van der Waals surface area contributed by atoms with Gasteiger partial charge in [-0.2, -0.15) is 13.2 Å². The summed E-state index contributed by atoms with van der Waals surface area (Å²) >= 11 is 0. The lowest BCUT2D eigenvalue weighted by molar-refractivity contribution is -0.170. The van der Waals surface area contributed by atoms with Crippen LogP contribution in [0.25, 0.3) is 0 Å². The minimum atomic E-state index is -4.59. The van der Waals surface area contributed by atoms with Crippen molar-refractivity contribution in [2.45, 2.75) is 69.1 Å². The molecule has 3 aromatic rings. The number of piperidine rings is 1. The van der Waals surface area contributed by atoms with E-state index in [2.05, 4.69) is 20.6 Å². The number of anilines is 1. The Morgan fingerprint density at radius 1 is 1.17 bits per heavy atom. The van der Waals surface area contributed by atoms with Gasteiger partial charge >= 0.3 is 6.18 Å². The van der Waals surface area contributed by atoms with Crippen LogP contribution in [0.15, 0.2) is 54.9 Å². The standard InChI is InChI=1S/C31H30F3N5O3/c1-17-6-3-4-7-21(17)22-13-25(28(41)39(18(22)2)16-31(32,33)34)37-27(40)20-12-19-14-30(10-9-24(19)36-15-20)23-8-5-11-35-26(23)38-29(30)42/h3-8,11-12,15,18,22,25H,9-10,13-14,16H2,1-2H3,(H,37,40)(H,35,38,42)/t18-,22-,25+,30-/m1/s1. The molecule has 2 N–H and O–H groups in total. The maximum absolute atomic E-state index is 13.5. The molecule has 0 unspecified atom stereocenters. The molecule has 6 rings (SSSR count). The van der Waals surface area contributed by atoms with Gasteiger partial charge in [-0.1, -0.05) is 30.3 Å². The number of carbonyl (C=O) groups excluding carboxylic acids is 3. The van der Waals surface area contributed by atoms with E-state index in [4.69, 9.17) is 0 Å². The van der Waals surface area contributed by atoms with Crippen LogP contribution >= 0.6 is 0 Å². The van der Waals surface area contributed by atoms with Gasteiger partial charge in [0.25, 0.3) is 5.91 Å². The zero-order chi connectivity index (χ0) is 29.8. The van der Waals surface area contributed by atoms with Gasteiger partial charge in [0.1, 0.15) is 18.4 Å². The first-order valence-corrected chi connectivity index (χ1v) is 14.0. The quantitative estimate of drug-likeness (QED) is 0.483. The summed E-state index contributed by atoms with van der Waals surface area (Å²) in [6.07, 6.45) is 0.0110. The second-order valence-electron chi connectivity index (χ2n) is 11.5. The summed E-state index contributed by atoms with van der Waals surface area (Å²) < 4.78 is 40.6. The van der Waals surface area contributed by atoms with Crippen molar-refractivity contribution in [2.75, 3.05) is 11.9 Å². The summed E-state index contributed by atoms with van der Waals surface area (Å²) in [5.74, 6) is -1.40. The van der Waals surface area contributed by atoms with Crippen molar-refractivity contribution >= 4 is 23.5 Å². The Hall–Kier alpha value is -4.28. The van der Waals surface area contributed by atoms with Crippen molar-refractivity contribution in [1.29, 1.82) is 0 Å². The van der Waals surface area contributed by atoms with Crippen molar-refractivity contribution in [1.82, 2.24) is 20.2 Å². The van der Waals surface area contributed by atoms with Crippen LogP contribution in [-0.4, -0.2) is 57.4 Å². The molecule has 0 saturated carbocycles. The molecule has 2 aromatic heterocycles. The summed E-state index contributed by atoms with van der Waals surface area (Å²) in [6.45, 7) is 2.10. The normalized spacial score (nSPS) is 25.2. The molecule has 0 radical (unpaired) electrons. The molecular formula is C31H30F3N5O3. The number of nitrogens with one attached hydrogen (secondary N) is 2. The fraction of sp³-hybridized carbons (Fsp3) is 0.387. The van der Waals surface area contributed by atoms with Crippen LogP contribution in [-0.2, 0) is 27.8 Å². The molecular weight excluding hydrogens is 547 g/mol. The van der Waals surface area contributed by atoms with Gasteiger partial charge < -0.3 is 15.5 Å². The van der Waals surface area contributed by atoms with Crippen LogP contribution in [0.2, 0.25) is 0 Å². The number of pyridine rings is 2. The highest BCUT2D eigenvalue weighted by Gasteiger charge is 2.50. The zero-order valence-corrected chi connectivity index (χ0v) is 23.2. The Morgan fingerprint density at radius 2 is 1.95 bits per heavy atom. The fourth-order valence-electron chi connectivity index (χ4n) is 6.79. The third kappa shape index (κ3) is 4.80. The highest BCUT2D eigenvalue weighted by atomic mass is 19.4. The summed E-state index contributed by atoms with van der Waals surface area (Å²) in [5.41, 5.74) is 3.43. The highest BCUT2D eigenvalue weighted by molar-refractivity contribution is 6.05. The van der Waals surface area contributed by atoms with E-state index in [1.54, 1.807) is 25.3 Å². The van der Waals surface area contributed by atoms with Gasteiger partial charge in [-0.15, -0.1) is 0 Å². The topological polar surface area (TPSA) is 104 Å². The molecule has 42 heavy (non-hydrogen) atoms. The van der Waals surface area contributed by atoms with E-state index < -0.39 is 48.0 Å². The van der Waals surface area contributed by atoms with Gasteiger partial charge in [-0.3, -0.25) is 19.4 Å². The minimum absolute atomic E-state index is 0.148. The van der Waals surface area contributed by atoms with Crippen molar-refractivity contribution < 1.29 is 27.6 Å². The number of halogens is 3. The van der Waals surface area contributed by atoms with Gasteiger partial charge in [0.05, 0.1) is 11.0 Å². The Kier molecular flexibility index (Phi) is 6.78. The second-order valence-corrected chi connectivity index (χ2v) is 11.5. The molecule has 1 aromatic carbocycles. The van der Waals surface area contributed by atoms with E-state index in [9.17, 15) is 27.6 Å². The fourth-order valence-corrected chi connectivity index (χ4v) is 6.79. The molecule has 3 aliphatic rings. The number of aryl methyl sites for hydroxylation is 2. The number of aromatic nitrogens is 2. The van der Waals surface area contributed by atoms with E-state index >= 15 is 0 Å². The van der Waals surface area contributed by atoms with Crippen LogP contribution in [0.4, 0.5) is 19.0 Å². The monoisotopic (exact) mass is 577 g/mol. The summed E-state index contributed by atoms with van der Waals surface area (Å²) in [6, 6.07) is 10.9. The van der Waals surface area contributed by atoms with E-state index in [1.165, 1.54) is 6.20 Å². The summed E-state index contributed by atoms with van der Waals surface area (Å²) in [5, 5.41) is 5.56. The van der Waals surface area contributed by atoms with E-state index in [1.807, 2.05) is 37.3 Å². The Labute approximate surface area is 240 Å². The van der Waals surface area contributed by atoms with E-state index in [0.29, 0.717) is 25.1 Å². The lowest BCUT2D eigenvalue weighted by Gasteiger charge is -2.43. The summed E-state index contributed by atoms with van der Waals surface area (Å²) in [4.78, 5) is 49.5. The first-order valence-electron chi connectivity index (χ1n) is 14.0. The van der Waals surface area contributed by atoms with Crippen molar-refractivity contribution in [3.63, 3.8) is 0 Å². The molecule has 4 atom stereocenters. The first-order chi connectivity index (χ1) is 20.0. The van der Waals surface area contributed by atoms with E-state index in [0.717, 1.165) is 32.8 Å². The number of nitrogens with zero attached hydrogens (tertiary/aromatic N) is 3. The van der Waals surface area contributed by atoms with Gasteiger partial charge in [0.15, 0.2) is 0 Å². The Balaban J connectivity index is 1.27. The average Bonchev–Trinajstić information content (AvgIpc) is 3.22. The molecule has 1 saturated heterocycles. The highest BCUT2D eigenvalue weighted by Crippen LogP contribution is 2.45. The number of hydrogen-bond acceptors (Lipinski definition) is 5. The predicted molar refractivity (Wildman–Crippen MR) is 148 cm³/mol. The van der Waals surface area contributed by atoms with Crippen molar-refractivity contribution in [3.05, 3.63) is 88.4 Å². The Morgan fingerprint density at radius 3 is 2.71 bits per heavy atom. The van der Waals surface area contributed by atoms with Gasteiger partial charge in [-0.05, 0) is 68.4 Å². The molecule has 11 heteroatoms. The molecule has 1 spiro atoms. The van der Waals surface area contributed by atoms with Gasteiger partial charge in [-0.25, -0.2) is 4.98 Å². The molecule has 2 aliphatic heterocycles. The molecule has 4 heterocycles. The Bertz CT molecular complexity index is 1590. The van der Waals surface area contributed by atoms with Crippen LogP contribution in [0.1, 0.15) is 64.0 Å². The lowest BCUT2D eigenvalue weighted by atomic mass is 9.69. The van der Waals surface area contributed by atoms with Gasteiger partial charge in [0, 0.05) is 35.6 Å². The second kappa shape index (κ2) is 10.2. The van der Waals surface area contributed by atoms with Crippen LogP contribution in [0.3, 0.4) is 0 Å². The van der Waals surface area contributed by atoms with Crippen LogP contribution in [0, 0.1) is 6.92 Å². The number of carbonyl (C=O) groups is 3. The van der Waals surface area contributed by atoms with Crippen LogP contribution in [0.5, 0.6) is 0 Å². The van der Waals surface area contributed by atoms with E-state index in [-0.39, 0.29) is 17.9 Å². The third-order valence-corrected chi connectivity index (χ3v) is 8.98. The molecule has 1 fully saturated rings. The van der Waals surface area contributed by atoms with Crippen molar-refractivity contribution in [2.24, 2.45) is 0 Å². The maximum atomic E-state index is 13.5. The number of hydrogen-bond donors (Lipinski definition) is 2. The zero-order valence-electron chi connectivity index (χ0n) is 23.2. The molecule has 1 aliphatic carbocycles. The smallest absolute Gasteiger partial charge is 0.340 e. The van der Waals surface area contributed by atoms with Gasteiger partial charge in [0.2, 0.25) is 11.8 Å². The first kappa shape index (κ1) is 27.9. The number of fused-ring (bicyclic) bond motifs is 3. The molecule has 3 amide bonds. The summed E-state index contributed by atoms with van der Waals surface area (Å²) in [7, 11) is 0. The molecule has 218 valence electrons. The minimum Gasteiger partial charge on any atom is -0.340 e. The number of alkyl halides is 3. The number of likely N-dealkylation sites (tertiary alicyclic amines) is 1. The lowest BCUT2D eigenvalue weighted by Crippen LogP contribution is -2.59. The number of amides is 3. The molecule has 8 nitrogen and oxygen atoms in total. The number of rotatable bonds is 4. The van der Waals surface area contributed by atoms with Crippen LogP contribution < -0.4 is 10.6 Å². The maximum Gasteiger partial charge on any atom is 0.406 e. The number of benzene rings is 1. The SMILES string of the molecule is Cc1ccccc1[C@@H]1C[C@H](NC(=O)c2cnc3c(c2)C[C@@]2(CC3)C(=O)Nc3ncccc32)C(=O)N(CC(F)(F)F)[C@@H]1C.